The quantitative estimate of drug-likeness (QED) is 0.691. The fourth-order valence-electron chi connectivity index (χ4n) is 0.904. The first kappa shape index (κ1) is 10.4. The van der Waals surface area contributed by atoms with Crippen LogP contribution in [-0.4, -0.2) is 28.7 Å². The molecule has 0 atom stereocenters. The maximum atomic E-state index is 11.4. The van der Waals surface area contributed by atoms with Crippen LogP contribution in [0.4, 0.5) is 0 Å². The molecule has 0 bridgehead atoms. The van der Waals surface area contributed by atoms with Crippen molar-refractivity contribution in [1.29, 1.82) is 0 Å². The number of carbonyl (C=O) groups excluding carboxylic acids is 2. The highest BCUT2D eigenvalue weighted by molar-refractivity contribution is 5.92. The molecular formula is C9H13N3O2. The highest BCUT2D eigenvalue weighted by Gasteiger charge is 2.08. The van der Waals surface area contributed by atoms with Gasteiger partial charge < -0.3 is 10.3 Å². The van der Waals surface area contributed by atoms with Crippen LogP contribution >= 0.6 is 0 Å². The van der Waals surface area contributed by atoms with Gasteiger partial charge in [0.15, 0.2) is 12.1 Å². The maximum Gasteiger partial charge on any atom is 0.269 e. The number of aromatic amines is 1. The monoisotopic (exact) mass is 195 g/mol. The molecule has 1 heterocycles. The number of amides is 1. The van der Waals surface area contributed by atoms with Crippen molar-refractivity contribution in [2.75, 3.05) is 6.54 Å². The molecule has 14 heavy (non-hydrogen) atoms. The lowest BCUT2D eigenvalue weighted by Crippen LogP contribution is -2.27. The average molecular weight is 195 g/mol. The first-order valence-electron chi connectivity index (χ1n) is 4.42. The number of carbonyl (C=O) groups is 2. The van der Waals surface area contributed by atoms with Gasteiger partial charge in [-0.2, -0.15) is 0 Å². The molecule has 0 fully saturated rings. The van der Waals surface area contributed by atoms with Crippen molar-refractivity contribution < 1.29 is 9.59 Å². The molecule has 76 valence electrons. The lowest BCUT2D eigenvalue weighted by Gasteiger charge is -2.05. The summed E-state index contributed by atoms with van der Waals surface area (Å²) in [6.07, 6.45) is 1.92. The predicted octanol–water partition coefficient (Wildman–Crippen LogP) is 0.608. The molecule has 0 aliphatic rings. The highest BCUT2D eigenvalue weighted by Crippen LogP contribution is 1.95. The summed E-state index contributed by atoms with van der Waals surface area (Å²) in [5.41, 5.74) is 0.313. The molecule has 1 aromatic rings. The van der Waals surface area contributed by atoms with E-state index in [1.54, 1.807) is 0 Å². The molecule has 5 nitrogen and oxygen atoms in total. The van der Waals surface area contributed by atoms with E-state index in [1.807, 2.05) is 13.8 Å². The van der Waals surface area contributed by atoms with Gasteiger partial charge in [0, 0.05) is 6.54 Å². The Morgan fingerprint density at radius 2 is 2.43 bits per heavy atom. The van der Waals surface area contributed by atoms with Gasteiger partial charge in [-0.3, -0.25) is 9.59 Å². The van der Waals surface area contributed by atoms with Crippen molar-refractivity contribution in [3.8, 4) is 0 Å². The van der Waals surface area contributed by atoms with E-state index in [-0.39, 0.29) is 11.7 Å². The molecule has 0 spiro atoms. The van der Waals surface area contributed by atoms with Crippen molar-refractivity contribution in [3.05, 3.63) is 17.7 Å². The zero-order valence-electron chi connectivity index (χ0n) is 8.20. The number of hydrogen-bond acceptors (Lipinski definition) is 3. The van der Waals surface area contributed by atoms with Gasteiger partial charge in [0.2, 0.25) is 0 Å². The van der Waals surface area contributed by atoms with E-state index in [0.717, 1.165) is 0 Å². The summed E-state index contributed by atoms with van der Waals surface area (Å²) >= 11 is 0. The molecule has 5 heteroatoms. The van der Waals surface area contributed by atoms with Crippen LogP contribution in [0.5, 0.6) is 0 Å². The third-order valence-electron chi connectivity index (χ3n) is 1.62. The van der Waals surface area contributed by atoms with Crippen LogP contribution in [0.3, 0.4) is 0 Å². The summed E-state index contributed by atoms with van der Waals surface area (Å²) in [4.78, 5) is 28.0. The number of H-pyrrole nitrogens is 1. The van der Waals surface area contributed by atoms with E-state index < -0.39 is 0 Å². The maximum absolute atomic E-state index is 11.4. The Bertz CT molecular complexity index is 331. The predicted molar refractivity (Wildman–Crippen MR) is 51.1 cm³/mol. The molecule has 1 aromatic heterocycles. The molecule has 1 rings (SSSR count). The van der Waals surface area contributed by atoms with Gasteiger partial charge in [-0.15, -0.1) is 0 Å². The van der Waals surface area contributed by atoms with E-state index in [0.29, 0.717) is 24.4 Å². The molecule has 0 saturated heterocycles. The summed E-state index contributed by atoms with van der Waals surface area (Å²) in [6, 6.07) is 0. The number of hydrogen-bond donors (Lipinski definition) is 2. The van der Waals surface area contributed by atoms with Crippen LogP contribution in [0, 0.1) is 5.92 Å². The Morgan fingerprint density at radius 1 is 1.71 bits per heavy atom. The molecule has 0 radical (unpaired) electrons. The van der Waals surface area contributed by atoms with Gasteiger partial charge in [-0.1, -0.05) is 13.8 Å². The van der Waals surface area contributed by atoms with Crippen LogP contribution in [-0.2, 0) is 0 Å². The summed E-state index contributed by atoms with van der Waals surface area (Å²) < 4.78 is 0. The van der Waals surface area contributed by atoms with Crippen molar-refractivity contribution >= 4 is 12.2 Å². The van der Waals surface area contributed by atoms with E-state index in [9.17, 15) is 9.59 Å². The summed E-state index contributed by atoms with van der Waals surface area (Å²) in [5.74, 6) is 0.325. The molecule has 0 saturated carbocycles. The topological polar surface area (TPSA) is 74.8 Å². The number of imidazole rings is 1. The van der Waals surface area contributed by atoms with Crippen LogP contribution in [0.2, 0.25) is 0 Å². The van der Waals surface area contributed by atoms with Gasteiger partial charge in [0.1, 0.15) is 5.69 Å². The van der Waals surface area contributed by atoms with Gasteiger partial charge in [-0.05, 0) is 5.92 Å². The summed E-state index contributed by atoms with van der Waals surface area (Å²) in [7, 11) is 0. The van der Waals surface area contributed by atoms with Crippen molar-refractivity contribution in [2.24, 2.45) is 5.92 Å². The van der Waals surface area contributed by atoms with Gasteiger partial charge in [-0.25, -0.2) is 4.98 Å². The van der Waals surface area contributed by atoms with Crippen molar-refractivity contribution in [1.82, 2.24) is 15.3 Å². The number of aromatic nitrogens is 2. The third-order valence-corrected chi connectivity index (χ3v) is 1.62. The number of nitrogens with one attached hydrogen (secondary N) is 2. The molecule has 0 aliphatic carbocycles. The van der Waals surface area contributed by atoms with Gasteiger partial charge in [0.05, 0.1) is 6.20 Å². The van der Waals surface area contributed by atoms with E-state index >= 15 is 0 Å². The van der Waals surface area contributed by atoms with E-state index in [4.69, 9.17) is 0 Å². The molecular weight excluding hydrogens is 182 g/mol. The number of rotatable bonds is 4. The first-order valence-corrected chi connectivity index (χ1v) is 4.42. The number of aldehydes is 1. The minimum absolute atomic E-state index is 0.166. The zero-order chi connectivity index (χ0) is 10.6. The minimum atomic E-state index is -0.237. The lowest BCUT2D eigenvalue weighted by molar-refractivity contribution is 0.0944. The van der Waals surface area contributed by atoms with Crippen LogP contribution in [0.15, 0.2) is 6.20 Å². The summed E-state index contributed by atoms with van der Waals surface area (Å²) in [6.45, 7) is 4.61. The second-order valence-corrected chi connectivity index (χ2v) is 3.40. The van der Waals surface area contributed by atoms with E-state index in [1.165, 1.54) is 6.20 Å². The molecule has 1 amide bonds. The Hall–Kier alpha value is -1.65. The fraction of sp³-hybridized carbons (Fsp3) is 0.444. The van der Waals surface area contributed by atoms with Gasteiger partial charge in [0.25, 0.3) is 5.91 Å². The number of nitrogens with zero attached hydrogens (tertiary/aromatic N) is 1. The minimum Gasteiger partial charge on any atom is -0.350 e. The van der Waals surface area contributed by atoms with Crippen molar-refractivity contribution in [3.63, 3.8) is 0 Å². The second kappa shape index (κ2) is 4.55. The third kappa shape index (κ3) is 2.69. The standard InChI is InChI=1S/C9H13N3O2/c1-6(2)3-11-9(14)7-4-10-8(5-13)12-7/h4-6H,3H2,1-2H3,(H,10,12)(H,11,14). The van der Waals surface area contributed by atoms with Crippen LogP contribution in [0.25, 0.3) is 0 Å². The Balaban J connectivity index is 2.56. The summed E-state index contributed by atoms with van der Waals surface area (Å²) in [5, 5.41) is 2.71. The first-order chi connectivity index (χ1) is 6.63. The fourth-order valence-corrected chi connectivity index (χ4v) is 0.904. The SMILES string of the molecule is CC(C)CNC(=O)c1cnc(C=O)[nH]1. The van der Waals surface area contributed by atoms with Crippen LogP contribution in [0.1, 0.15) is 35.0 Å². The molecule has 0 aliphatic heterocycles. The van der Waals surface area contributed by atoms with E-state index in [2.05, 4.69) is 15.3 Å². The smallest absolute Gasteiger partial charge is 0.269 e. The molecule has 0 aromatic carbocycles. The largest absolute Gasteiger partial charge is 0.350 e. The van der Waals surface area contributed by atoms with Crippen molar-refractivity contribution in [2.45, 2.75) is 13.8 Å². The Morgan fingerprint density at radius 3 is 2.93 bits per heavy atom. The Labute approximate surface area is 81.9 Å². The molecule has 2 N–H and O–H groups in total. The molecule has 0 unspecified atom stereocenters. The normalized spacial score (nSPS) is 10.2. The van der Waals surface area contributed by atoms with Crippen LogP contribution < -0.4 is 5.32 Å². The zero-order valence-corrected chi connectivity index (χ0v) is 8.20. The second-order valence-electron chi connectivity index (χ2n) is 3.40. The van der Waals surface area contributed by atoms with Gasteiger partial charge >= 0.3 is 0 Å². The highest BCUT2D eigenvalue weighted by atomic mass is 16.2. The lowest BCUT2D eigenvalue weighted by atomic mass is 10.2. The Kier molecular flexibility index (Phi) is 3.39. The average Bonchev–Trinajstić information content (AvgIpc) is 2.62.